The molecule has 0 radical (unpaired) electrons. The number of halogens is 1. The summed E-state index contributed by atoms with van der Waals surface area (Å²) in [6.07, 6.45) is 5.00. The van der Waals surface area contributed by atoms with Gasteiger partial charge >= 0.3 is 0 Å². The Morgan fingerprint density at radius 3 is 2.61 bits per heavy atom. The number of guanidine groups is 1. The molecule has 1 aromatic heterocycles. The maximum Gasteiger partial charge on any atom is 0.191 e. The van der Waals surface area contributed by atoms with Gasteiger partial charge in [0.1, 0.15) is 12.2 Å². The Balaban J connectivity index is 0.00000484. The van der Waals surface area contributed by atoms with Gasteiger partial charge in [-0.05, 0) is 25.2 Å². The van der Waals surface area contributed by atoms with Crippen molar-refractivity contribution >= 4 is 29.9 Å². The molecule has 2 N–H and O–H groups in total. The van der Waals surface area contributed by atoms with Crippen LogP contribution in [0.2, 0.25) is 0 Å². The largest absolute Gasteiger partial charge is 0.357 e. The third-order valence-electron chi connectivity index (χ3n) is 3.36. The average Bonchev–Trinajstić information content (AvgIpc) is 2.90. The number of hydrogen-bond donors (Lipinski definition) is 2. The van der Waals surface area contributed by atoms with Gasteiger partial charge < -0.3 is 15.2 Å². The second-order valence-corrected chi connectivity index (χ2v) is 6.65. The molecule has 0 saturated carbocycles. The molecule has 0 aliphatic rings. The summed E-state index contributed by atoms with van der Waals surface area (Å²) < 4.78 is 2.08. The van der Waals surface area contributed by atoms with Gasteiger partial charge in [0.15, 0.2) is 5.96 Å². The van der Waals surface area contributed by atoms with E-state index < -0.39 is 0 Å². The summed E-state index contributed by atoms with van der Waals surface area (Å²) >= 11 is 0. The minimum atomic E-state index is 0. The highest BCUT2D eigenvalue weighted by atomic mass is 127. The molecule has 0 aromatic carbocycles. The van der Waals surface area contributed by atoms with Gasteiger partial charge in [-0.25, -0.2) is 0 Å². The quantitative estimate of drug-likeness (QED) is 0.285. The fraction of sp³-hybridized carbons (Fsp3) is 0.812. The summed E-state index contributed by atoms with van der Waals surface area (Å²) in [6, 6.07) is 0. The van der Waals surface area contributed by atoms with Gasteiger partial charge in [-0.3, -0.25) is 4.99 Å². The lowest BCUT2D eigenvalue weighted by atomic mass is 9.91. The topological polar surface area (TPSA) is 67.1 Å². The molecule has 0 saturated heterocycles. The summed E-state index contributed by atoms with van der Waals surface area (Å²) in [6.45, 7) is 14.4. The molecule has 134 valence electrons. The van der Waals surface area contributed by atoms with E-state index in [1.54, 1.807) is 6.33 Å². The van der Waals surface area contributed by atoms with Crippen molar-refractivity contribution in [2.24, 2.45) is 10.4 Å². The van der Waals surface area contributed by atoms with Crippen molar-refractivity contribution < 1.29 is 0 Å². The molecule has 1 aromatic rings. The lowest BCUT2D eigenvalue weighted by molar-refractivity contribution is 0.368. The molecule has 0 bridgehead atoms. The highest BCUT2D eigenvalue weighted by molar-refractivity contribution is 14.0. The van der Waals surface area contributed by atoms with Crippen LogP contribution in [0.5, 0.6) is 0 Å². The van der Waals surface area contributed by atoms with Crippen LogP contribution in [-0.2, 0) is 13.0 Å². The first-order chi connectivity index (χ1) is 10.5. The molecule has 0 amide bonds. The standard InChI is InChI=1S/C16H32N6.HI/c1-6-14-21-20-13-22(14)12-11-19-15(17-7-2)18-10-8-9-16(3,4)5;/h13H,6-12H2,1-5H3,(H2,17,18,19);1H. The van der Waals surface area contributed by atoms with Crippen molar-refractivity contribution in [3.05, 3.63) is 12.2 Å². The monoisotopic (exact) mass is 436 g/mol. The van der Waals surface area contributed by atoms with Crippen LogP contribution in [0.1, 0.15) is 53.3 Å². The second-order valence-electron chi connectivity index (χ2n) is 6.65. The smallest absolute Gasteiger partial charge is 0.191 e. The molecule has 23 heavy (non-hydrogen) atoms. The Kier molecular flexibility index (Phi) is 11.2. The van der Waals surface area contributed by atoms with Gasteiger partial charge in [0.05, 0.1) is 0 Å². The first-order valence-corrected chi connectivity index (χ1v) is 8.35. The third-order valence-corrected chi connectivity index (χ3v) is 3.36. The molecule has 0 unspecified atom stereocenters. The van der Waals surface area contributed by atoms with E-state index in [1.807, 2.05) is 0 Å². The highest BCUT2D eigenvalue weighted by Crippen LogP contribution is 2.20. The number of aromatic nitrogens is 3. The molecule has 0 aliphatic carbocycles. The van der Waals surface area contributed by atoms with Crippen LogP contribution in [0.4, 0.5) is 0 Å². The van der Waals surface area contributed by atoms with Crippen LogP contribution < -0.4 is 10.6 Å². The van der Waals surface area contributed by atoms with E-state index in [1.165, 1.54) is 6.42 Å². The van der Waals surface area contributed by atoms with Crippen LogP contribution in [0.3, 0.4) is 0 Å². The van der Waals surface area contributed by atoms with Crippen molar-refractivity contribution in [3.8, 4) is 0 Å². The zero-order valence-electron chi connectivity index (χ0n) is 15.2. The van der Waals surface area contributed by atoms with Gasteiger partial charge in [-0.1, -0.05) is 27.7 Å². The van der Waals surface area contributed by atoms with Gasteiger partial charge in [-0.15, -0.1) is 34.2 Å². The number of nitrogens with one attached hydrogen (secondary N) is 2. The fourth-order valence-corrected chi connectivity index (χ4v) is 2.18. The number of nitrogens with zero attached hydrogens (tertiary/aromatic N) is 4. The van der Waals surface area contributed by atoms with Gasteiger partial charge in [-0.2, -0.15) is 0 Å². The van der Waals surface area contributed by atoms with E-state index in [2.05, 4.69) is 65.0 Å². The van der Waals surface area contributed by atoms with Crippen molar-refractivity contribution in [1.29, 1.82) is 0 Å². The lowest BCUT2D eigenvalue weighted by Crippen LogP contribution is -2.39. The maximum absolute atomic E-state index is 4.63. The normalized spacial score (nSPS) is 12.0. The average molecular weight is 436 g/mol. The van der Waals surface area contributed by atoms with Crippen molar-refractivity contribution in [1.82, 2.24) is 25.4 Å². The molecule has 1 rings (SSSR count). The SMILES string of the molecule is CCNC(=NCCCC(C)(C)C)NCCn1cnnc1CC.I. The molecule has 7 heteroatoms. The number of aliphatic imine (C=N–C) groups is 1. The van der Waals surface area contributed by atoms with Crippen molar-refractivity contribution in [2.45, 2.75) is 60.4 Å². The summed E-state index contributed by atoms with van der Waals surface area (Å²) in [5, 5.41) is 14.7. The van der Waals surface area contributed by atoms with Crippen LogP contribution in [0.25, 0.3) is 0 Å². The van der Waals surface area contributed by atoms with Crippen LogP contribution in [-0.4, -0.2) is 40.4 Å². The minimum Gasteiger partial charge on any atom is -0.357 e. The van der Waals surface area contributed by atoms with Gasteiger partial charge in [0, 0.05) is 32.6 Å². The Bertz CT molecular complexity index is 450. The predicted octanol–water partition coefficient (Wildman–Crippen LogP) is 2.84. The molecular weight excluding hydrogens is 403 g/mol. The second kappa shape index (κ2) is 11.6. The van der Waals surface area contributed by atoms with Crippen LogP contribution >= 0.6 is 24.0 Å². The number of aryl methyl sites for hydroxylation is 1. The number of hydrogen-bond acceptors (Lipinski definition) is 3. The Morgan fingerprint density at radius 2 is 2.00 bits per heavy atom. The van der Waals surface area contributed by atoms with E-state index in [0.717, 1.165) is 50.8 Å². The van der Waals surface area contributed by atoms with E-state index in [4.69, 9.17) is 0 Å². The van der Waals surface area contributed by atoms with Crippen LogP contribution in [0.15, 0.2) is 11.3 Å². The Morgan fingerprint density at radius 1 is 1.26 bits per heavy atom. The molecule has 1 heterocycles. The molecular formula is C16H33IN6. The zero-order chi connectivity index (χ0) is 16.4. The van der Waals surface area contributed by atoms with E-state index >= 15 is 0 Å². The zero-order valence-corrected chi connectivity index (χ0v) is 17.6. The maximum atomic E-state index is 4.63. The summed E-state index contributed by atoms with van der Waals surface area (Å²) in [4.78, 5) is 4.63. The van der Waals surface area contributed by atoms with E-state index in [0.29, 0.717) is 5.41 Å². The number of rotatable bonds is 8. The summed E-state index contributed by atoms with van der Waals surface area (Å²) in [5.74, 6) is 1.91. The first kappa shape index (κ1) is 22.1. The van der Waals surface area contributed by atoms with Crippen LogP contribution in [0, 0.1) is 5.41 Å². The molecule has 0 spiro atoms. The van der Waals surface area contributed by atoms with E-state index in [9.17, 15) is 0 Å². The lowest BCUT2D eigenvalue weighted by Gasteiger charge is -2.17. The predicted molar refractivity (Wildman–Crippen MR) is 107 cm³/mol. The van der Waals surface area contributed by atoms with Gasteiger partial charge in [0.2, 0.25) is 0 Å². The first-order valence-electron chi connectivity index (χ1n) is 8.35. The van der Waals surface area contributed by atoms with E-state index in [-0.39, 0.29) is 24.0 Å². The summed E-state index contributed by atoms with van der Waals surface area (Å²) in [5.41, 5.74) is 0.381. The molecule has 0 aliphatic heterocycles. The third kappa shape index (κ3) is 9.78. The molecule has 0 fully saturated rings. The van der Waals surface area contributed by atoms with Gasteiger partial charge in [0.25, 0.3) is 0 Å². The highest BCUT2D eigenvalue weighted by Gasteiger charge is 2.08. The molecule has 6 nitrogen and oxygen atoms in total. The minimum absolute atomic E-state index is 0. The van der Waals surface area contributed by atoms with Crippen molar-refractivity contribution in [3.63, 3.8) is 0 Å². The Labute approximate surface area is 158 Å². The molecule has 0 atom stereocenters. The summed E-state index contributed by atoms with van der Waals surface area (Å²) in [7, 11) is 0. The van der Waals surface area contributed by atoms with Crippen molar-refractivity contribution in [2.75, 3.05) is 19.6 Å². The fourth-order valence-electron chi connectivity index (χ4n) is 2.18. The Hall–Kier alpha value is -0.860.